The second kappa shape index (κ2) is 2.76. The summed E-state index contributed by atoms with van der Waals surface area (Å²) in [6.07, 6.45) is 3.25. The summed E-state index contributed by atoms with van der Waals surface area (Å²) in [5.74, 6) is 0. The van der Waals surface area contributed by atoms with Gasteiger partial charge in [0.1, 0.15) is 0 Å². The maximum absolute atomic E-state index is 6.02. The van der Waals surface area contributed by atoms with Crippen LogP contribution < -0.4 is 5.73 Å². The molecule has 0 radical (unpaired) electrons. The second-order valence-corrected chi connectivity index (χ2v) is 3.33. The first-order chi connectivity index (χ1) is 5.79. The van der Waals surface area contributed by atoms with Crippen LogP contribution >= 0.6 is 0 Å². The predicted octanol–water partition coefficient (Wildman–Crippen LogP) is 2.19. The molecule has 0 bridgehead atoms. The second-order valence-electron chi connectivity index (χ2n) is 3.33. The van der Waals surface area contributed by atoms with Gasteiger partial charge in [-0.25, -0.2) is 0 Å². The van der Waals surface area contributed by atoms with Crippen LogP contribution in [0.15, 0.2) is 35.9 Å². The zero-order valence-electron chi connectivity index (χ0n) is 7.25. The molecule has 0 saturated carbocycles. The fourth-order valence-corrected chi connectivity index (χ4v) is 1.67. The van der Waals surface area contributed by atoms with E-state index in [2.05, 4.69) is 37.3 Å². The van der Waals surface area contributed by atoms with Gasteiger partial charge >= 0.3 is 0 Å². The third kappa shape index (κ3) is 1.07. The molecule has 12 heavy (non-hydrogen) atoms. The normalized spacial score (nSPS) is 21.5. The van der Waals surface area contributed by atoms with E-state index in [1.807, 2.05) is 0 Å². The zero-order valence-corrected chi connectivity index (χ0v) is 7.25. The molecular formula is C11H13N. The third-order valence-electron chi connectivity index (χ3n) is 2.52. The van der Waals surface area contributed by atoms with Crippen LogP contribution in [0.4, 0.5) is 0 Å². The van der Waals surface area contributed by atoms with Gasteiger partial charge in [-0.05, 0) is 24.5 Å². The molecule has 0 heterocycles. The topological polar surface area (TPSA) is 26.0 Å². The Morgan fingerprint density at radius 1 is 1.33 bits per heavy atom. The summed E-state index contributed by atoms with van der Waals surface area (Å²) in [5, 5.41) is 0. The van der Waals surface area contributed by atoms with E-state index in [1.165, 1.54) is 16.7 Å². The van der Waals surface area contributed by atoms with E-state index in [0.717, 1.165) is 6.42 Å². The van der Waals surface area contributed by atoms with Crippen molar-refractivity contribution in [2.24, 2.45) is 5.73 Å². The molecule has 0 aromatic heterocycles. The summed E-state index contributed by atoms with van der Waals surface area (Å²) in [6.45, 7) is 2.10. The Hall–Kier alpha value is -1.08. The highest BCUT2D eigenvalue weighted by Crippen LogP contribution is 2.27. The average molecular weight is 159 g/mol. The first-order valence-electron chi connectivity index (χ1n) is 4.29. The fraction of sp³-hybridized carbons (Fsp3) is 0.273. The number of nitrogens with two attached hydrogens (primary N) is 1. The lowest BCUT2D eigenvalue weighted by atomic mass is 9.89. The molecule has 0 amide bonds. The minimum absolute atomic E-state index is 0.120. The molecule has 0 saturated heterocycles. The molecule has 2 rings (SSSR count). The summed E-state index contributed by atoms with van der Waals surface area (Å²) in [4.78, 5) is 0. The molecule has 1 unspecified atom stereocenters. The van der Waals surface area contributed by atoms with Gasteiger partial charge < -0.3 is 5.73 Å². The van der Waals surface area contributed by atoms with Crippen LogP contribution in [0.2, 0.25) is 0 Å². The van der Waals surface area contributed by atoms with Crippen molar-refractivity contribution in [1.29, 1.82) is 0 Å². The quantitative estimate of drug-likeness (QED) is 0.577. The molecule has 1 aromatic carbocycles. The van der Waals surface area contributed by atoms with Gasteiger partial charge in [0.05, 0.1) is 6.04 Å². The lowest BCUT2D eigenvalue weighted by molar-refractivity contribution is 0.803. The van der Waals surface area contributed by atoms with Gasteiger partial charge in [0, 0.05) is 0 Å². The van der Waals surface area contributed by atoms with Crippen molar-refractivity contribution < 1.29 is 0 Å². The van der Waals surface area contributed by atoms with Crippen LogP contribution in [0.1, 0.15) is 24.1 Å². The largest absolute Gasteiger partial charge is 0.321 e. The van der Waals surface area contributed by atoms with E-state index < -0.39 is 0 Å². The highest BCUT2D eigenvalue weighted by molar-refractivity contribution is 5.39. The molecule has 1 heteroatoms. The van der Waals surface area contributed by atoms with Gasteiger partial charge in [-0.15, -0.1) is 0 Å². The van der Waals surface area contributed by atoms with Crippen molar-refractivity contribution in [2.45, 2.75) is 19.4 Å². The molecule has 2 N–H and O–H groups in total. The first-order valence-corrected chi connectivity index (χ1v) is 4.29. The minimum atomic E-state index is 0.120. The van der Waals surface area contributed by atoms with Gasteiger partial charge in [0.25, 0.3) is 0 Å². The van der Waals surface area contributed by atoms with Crippen molar-refractivity contribution in [3.05, 3.63) is 47.0 Å². The molecule has 1 aromatic rings. The Balaban J connectivity index is 2.49. The third-order valence-corrected chi connectivity index (χ3v) is 2.52. The molecule has 1 atom stereocenters. The predicted molar refractivity (Wildman–Crippen MR) is 50.8 cm³/mol. The number of hydrogen-bond donors (Lipinski definition) is 1. The van der Waals surface area contributed by atoms with E-state index in [0.29, 0.717) is 0 Å². The van der Waals surface area contributed by atoms with Crippen LogP contribution in [0.5, 0.6) is 0 Å². The zero-order chi connectivity index (χ0) is 8.55. The SMILES string of the molecule is CC1=CCc2ccccc2C1N. The molecule has 0 fully saturated rings. The molecule has 0 spiro atoms. The van der Waals surface area contributed by atoms with Gasteiger partial charge in [0.15, 0.2) is 0 Å². The van der Waals surface area contributed by atoms with Crippen LogP contribution in [-0.4, -0.2) is 0 Å². The van der Waals surface area contributed by atoms with Crippen LogP contribution in [-0.2, 0) is 6.42 Å². The van der Waals surface area contributed by atoms with E-state index in [-0.39, 0.29) is 6.04 Å². The van der Waals surface area contributed by atoms with Gasteiger partial charge in [-0.1, -0.05) is 35.9 Å². The standard InChI is InChI=1S/C11H13N/c1-8-6-7-9-4-2-3-5-10(9)11(8)12/h2-6,11H,7,12H2,1H3. The number of fused-ring (bicyclic) bond motifs is 1. The Labute approximate surface area is 72.9 Å². The number of rotatable bonds is 0. The van der Waals surface area contributed by atoms with Crippen molar-refractivity contribution in [3.8, 4) is 0 Å². The van der Waals surface area contributed by atoms with Gasteiger partial charge in [0.2, 0.25) is 0 Å². The Kier molecular flexibility index (Phi) is 1.74. The highest BCUT2D eigenvalue weighted by atomic mass is 14.6. The van der Waals surface area contributed by atoms with Crippen LogP contribution in [0.25, 0.3) is 0 Å². The van der Waals surface area contributed by atoms with Crippen molar-refractivity contribution in [3.63, 3.8) is 0 Å². The van der Waals surface area contributed by atoms with Gasteiger partial charge in [-0.2, -0.15) is 0 Å². The summed E-state index contributed by atoms with van der Waals surface area (Å²) in [7, 11) is 0. The molecule has 1 aliphatic carbocycles. The summed E-state index contributed by atoms with van der Waals surface area (Å²) in [5.41, 5.74) is 9.97. The molecule has 0 aliphatic heterocycles. The lowest BCUT2D eigenvalue weighted by Crippen LogP contribution is -2.17. The van der Waals surface area contributed by atoms with Crippen LogP contribution in [0, 0.1) is 0 Å². The number of hydrogen-bond acceptors (Lipinski definition) is 1. The van der Waals surface area contributed by atoms with E-state index in [1.54, 1.807) is 0 Å². The molecule has 62 valence electrons. The van der Waals surface area contributed by atoms with Crippen LogP contribution in [0.3, 0.4) is 0 Å². The Morgan fingerprint density at radius 3 is 2.92 bits per heavy atom. The van der Waals surface area contributed by atoms with E-state index in [9.17, 15) is 0 Å². The van der Waals surface area contributed by atoms with E-state index in [4.69, 9.17) is 5.73 Å². The van der Waals surface area contributed by atoms with Crippen molar-refractivity contribution in [2.75, 3.05) is 0 Å². The number of allylic oxidation sites excluding steroid dienone is 1. The maximum Gasteiger partial charge on any atom is 0.0511 e. The molecular weight excluding hydrogens is 146 g/mol. The van der Waals surface area contributed by atoms with Crippen molar-refractivity contribution in [1.82, 2.24) is 0 Å². The lowest BCUT2D eigenvalue weighted by Gasteiger charge is -2.21. The summed E-state index contributed by atoms with van der Waals surface area (Å²) < 4.78 is 0. The van der Waals surface area contributed by atoms with E-state index >= 15 is 0 Å². The Morgan fingerprint density at radius 2 is 2.08 bits per heavy atom. The summed E-state index contributed by atoms with van der Waals surface area (Å²) >= 11 is 0. The first kappa shape index (κ1) is 7.56. The molecule has 1 nitrogen and oxygen atoms in total. The Bertz CT molecular complexity index is 326. The number of benzene rings is 1. The summed E-state index contributed by atoms with van der Waals surface area (Å²) in [6, 6.07) is 8.52. The minimum Gasteiger partial charge on any atom is -0.321 e. The molecule has 1 aliphatic rings. The van der Waals surface area contributed by atoms with Crippen molar-refractivity contribution >= 4 is 0 Å². The average Bonchev–Trinajstić information content (AvgIpc) is 2.12. The smallest absolute Gasteiger partial charge is 0.0511 e. The highest BCUT2D eigenvalue weighted by Gasteiger charge is 2.15. The fourth-order valence-electron chi connectivity index (χ4n) is 1.67. The maximum atomic E-state index is 6.02. The van der Waals surface area contributed by atoms with Gasteiger partial charge in [-0.3, -0.25) is 0 Å². The monoisotopic (exact) mass is 159 g/mol.